The topological polar surface area (TPSA) is 60.9 Å². The number of amides is 2. The molecule has 1 N–H and O–H groups in total. The van der Waals surface area contributed by atoms with Gasteiger partial charge in [-0.3, -0.25) is 4.79 Å². The SMILES string of the molecule is CC1=CCCN(C(=O)N2CCC(C(=O)O)(C(F)(F)F)C2)C1. The fourth-order valence-corrected chi connectivity index (χ4v) is 2.77. The molecule has 0 aromatic carbocycles. The number of carboxylic acids is 1. The Morgan fingerprint density at radius 1 is 1.29 bits per heavy atom. The van der Waals surface area contributed by atoms with Crippen LogP contribution in [0.2, 0.25) is 0 Å². The Morgan fingerprint density at radius 3 is 2.43 bits per heavy atom. The molecule has 1 saturated heterocycles. The van der Waals surface area contributed by atoms with Crippen molar-refractivity contribution in [1.82, 2.24) is 9.80 Å². The molecule has 2 aliphatic heterocycles. The standard InChI is InChI=1S/C13H17F3N2O3/c1-9-3-2-5-17(7-9)11(21)18-6-4-12(8-18,10(19)20)13(14,15)16/h3H,2,4-8H2,1H3,(H,19,20). The van der Waals surface area contributed by atoms with Crippen LogP contribution >= 0.6 is 0 Å². The molecule has 0 aromatic rings. The Hall–Kier alpha value is -1.73. The maximum atomic E-state index is 13.1. The Bertz CT molecular complexity index is 490. The number of rotatable bonds is 1. The molecule has 8 heteroatoms. The van der Waals surface area contributed by atoms with Gasteiger partial charge in [-0.25, -0.2) is 4.79 Å². The average Bonchev–Trinajstić information content (AvgIpc) is 2.83. The lowest BCUT2D eigenvalue weighted by Gasteiger charge is -2.32. The van der Waals surface area contributed by atoms with Crippen molar-refractivity contribution in [3.05, 3.63) is 11.6 Å². The van der Waals surface area contributed by atoms with Crippen molar-refractivity contribution in [1.29, 1.82) is 0 Å². The van der Waals surface area contributed by atoms with E-state index < -0.39 is 36.6 Å². The van der Waals surface area contributed by atoms with Gasteiger partial charge in [0.1, 0.15) is 0 Å². The monoisotopic (exact) mass is 306 g/mol. The van der Waals surface area contributed by atoms with Crippen LogP contribution in [0.4, 0.5) is 18.0 Å². The Labute approximate surface area is 120 Å². The largest absolute Gasteiger partial charge is 0.481 e. The van der Waals surface area contributed by atoms with Crippen LogP contribution in [0.5, 0.6) is 0 Å². The molecule has 118 valence electrons. The van der Waals surface area contributed by atoms with Crippen LogP contribution in [0.15, 0.2) is 11.6 Å². The van der Waals surface area contributed by atoms with Crippen molar-refractivity contribution in [3.8, 4) is 0 Å². The predicted octanol–water partition coefficient (Wildman–Crippen LogP) is 2.10. The Morgan fingerprint density at radius 2 is 1.95 bits per heavy atom. The number of urea groups is 1. The molecule has 1 fully saturated rings. The van der Waals surface area contributed by atoms with Gasteiger partial charge in [-0.15, -0.1) is 0 Å². The highest BCUT2D eigenvalue weighted by atomic mass is 19.4. The number of carboxylic acid groups (broad SMARTS) is 1. The van der Waals surface area contributed by atoms with Gasteiger partial charge in [0.05, 0.1) is 0 Å². The number of alkyl halides is 3. The third kappa shape index (κ3) is 2.71. The Balaban J connectivity index is 2.13. The minimum Gasteiger partial charge on any atom is -0.481 e. The molecular weight excluding hydrogens is 289 g/mol. The highest BCUT2D eigenvalue weighted by Gasteiger charge is 2.64. The lowest BCUT2D eigenvalue weighted by Crippen LogP contribution is -2.50. The summed E-state index contributed by atoms with van der Waals surface area (Å²) in [4.78, 5) is 25.8. The van der Waals surface area contributed by atoms with E-state index in [-0.39, 0.29) is 6.54 Å². The first-order valence-corrected chi connectivity index (χ1v) is 6.67. The van der Waals surface area contributed by atoms with Gasteiger partial charge in [0.15, 0.2) is 5.41 Å². The number of carbonyl (C=O) groups is 2. The summed E-state index contributed by atoms with van der Waals surface area (Å²) < 4.78 is 39.2. The molecule has 2 heterocycles. The molecule has 5 nitrogen and oxygen atoms in total. The summed E-state index contributed by atoms with van der Waals surface area (Å²) in [7, 11) is 0. The quantitative estimate of drug-likeness (QED) is 0.755. The number of halogens is 3. The molecule has 0 bridgehead atoms. The number of nitrogens with zero attached hydrogens (tertiary/aromatic N) is 2. The van der Waals surface area contributed by atoms with Crippen molar-refractivity contribution < 1.29 is 27.9 Å². The minimum atomic E-state index is -4.87. The second-order valence-corrected chi connectivity index (χ2v) is 5.60. The fraction of sp³-hybridized carbons (Fsp3) is 0.692. The van der Waals surface area contributed by atoms with E-state index in [0.29, 0.717) is 19.5 Å². The number of likely N-dealkylation sites (tertiary alicyclic amines) is 1. The number of hydrogen-bond donors (Lipinski definition) is 1. The molecule has 1 atom stereocenters. The Kier molecular flexibility index (Phi) is 3.90. The molecule has 0 aliphatic carbocycles. The first-order valence-electron chi connectivity index (χ1n) is 6.67. The van der Waals surface area contributed by atoms with E-state index >= 15 is 0 Å². The molecule has 0 spiro atoms. The van der Waals surface area contributed by atoms with E-state index in [1.165, 1.54) is 4.90 Å². The number of carbonyl (C=O) groups excluding carboxylic acids is 1. The van der Waals surface area contributed by atoms with E-state index in [9.17, 15) is 22.8 Å². The summed E-state index contributed by atoms with van der Waals surface area (Å²) in [5.41, 5.74) is -1.86. The third-order valence-electron chi connectivity index (χ3n) is 4.09. The molecule has 21 heavy (non-hydrogen) atoms. The first kappa shape index (κ1) is 15.7. The molecule has 2 aliphatic rings. The molecule has 0 saturated carbocycles. The lowest BCUT2D eigenvalue weighted by molar-refractivity contribution is -0.227. The first-order chi connectivity index (χ1) is 9.67. The van der Waals surface area contributed by atoms with Crippen LogP contribution in [0, 0.1) is 5.41 Å². The van der Waals surface area contributed by atoms with E-state index in [0.717, 1.165) is 10.5 Å². The zero-order valence-electron chi connectivity index (χ0n) is 11.6. The zero-order chi connectivity index (χ0) is 15.8. The van der Waals surface area contributed by atoms with E-state index in [1.807, 2.05) is 13.0 Å². The molecule has 0 radical (unpaired) electrons. The minimum absolute atomic E-state index is 0.191. The van der Waals surface area contributed by atoms with Crippen molar-refractivity contribution >= 4 is 12.0 Å². The summed E-state index contributed by atoms with van der Waals surface area (Å²) in [6.45, 7) is 1.66. The van der Waals surface area contributed by atoms with Gasteiger partial charge in [0.25, 0.3) is 0 Å². The van der Waals surface area contributed by atoms with E-state index in [4.69, 9.17) is 5.11 Å². The molecule has 0 aromatic heterocycles. The van der Waals surface area contributed by atoms with Gasteiger partial charge in [-0.1, -0.05) is 11.6 Å². The van der Waals surface area contributed by atoms with Crippen molar-refractivity contribution in [2.45, 2.75) is 25.9 Å². The summed E-state index contributed by atoms with van der Waals surface area (Å²) in [6.07, 6.45) is -2.83. The summed E-state index contributed by atoms with van der Waals surface area (Å²) in [5.74, 6) is -1.92. The maximum Gasteiger partial charge on any atom is 0.406 e. The van der Waals surface area contributed by atoms with Crippen LogP contribution in [0.1, 0.15) is 19.8 Å². The van der Waals surface area contributed by atoms with Crippen LogP contribution in [0.25, 0.3) is 0 Å². The van der Waals surface area contributed by atoms with E-state index in [2.05, 4.69) is 0 Å². The highest BCUT2D eigenvalue weighted by Crippen LogP contribution is 2.45. The highest BCUT2D eigenvalue weighted by molar-refractivity contribution is 5.80. The van der Waals surface area contributed by atoms with Crippen LogP contribution in [-0.4, -0.2) is 59.3 Å². The van der Waals surface area contributed by atoms with Crippen molar-refractivity contribution in [2.75, 3.05) is 26.2 Å². The third-order valence-corrected chi connectivity index (χ3v) is 4.09. The van der Waals surface area contributed by atoms with Crippen molar-refractivity contribution in [2.24, 2.45) is 5.41 Å². The molecule has 2 rings (SSSR count). The summed E-state index contributed by atoms with van der Waals surface area (Å²) >= 11 is 0. The average molecular weight is 306 g/mol. The molecule has 1 unspecified atom stereocenters. The van der Waals surface area contributed by atoms with Crippen molar-refractivity contribution in [3.63, 3.8) is 0 Å². The van der Waals surface area contributed by atoms with E-state index in [1.54, 1.807) is 0 Å². The van der Waals surface area contributed by atoms with Crippen LogP contribution < -0.4 is 0 Å². The van der Waals surface area contributed by atoms with Crippen LogP contribution in [-0.2, 0) is 4.79 Å². The lowest BCUT2D eigenvalue weighted by atomic mass is 9.86. The fourth-order valence-electron chi connectivity index (χ4n) is 2.77. The van der Waals surface area contributed by atoms with Gasteiger partial charge >= 0.3 is 18.2 Å². The van der Waals surface area contributed by atoms with Gasteiger partial charge < -0.3 is 14.9 Å². The number of aliphatic carboxylic acids is 1. The van der Waals surface area contributed by atoms with Gasteiger partial charge in [-0.05, 0) is 19.8 Å². The zero-order valence-corrected chi connectivity index (χ0v) is 11.6. The van der Waals surface area contributed by atoms with Crippen LogP contribution in [0.3, 0.4) is 0 Å². The van der Waals surface area contributed by atoms with Gasteiger partial charge in [0, 0.05) is 26.2 Å². The summed E-state index contributed by atoms with van der Waals surface area (Å²) in [5, 5.41) is 8.97. The normalized spacial score (nSPS) is 26.8. The predicted molar refractivity (Wildman–Crippen MR) is 67.7 cm³/mol. The summed E-state index contributed by atoms with van der Waals surface area (Å²) in [6, 6.07) is -0.519. The molecular formula is C13H17F3N2O3. The van der Waals surface area contributed by atoms with Gasteiger partial charge in [-0.2, -0.15) is 13.2 Å². The second-order valence-electron chi connectivity index (χ2n) is 5.60. The molecule has 2 amide bonds. The second kappa shape index (κ2) is 5.23. The number of hydrogen-bond acceptors (Lipinski definition) is 2. The maximum absolute atomic E-state index is 13.1. The van der Waals surface area contributed by atoms with Gasteiger partial charge in [0.2, 0.25) is 0 Å². The smallest absolute Gasteiger partial charge is 0.406 e.